The number of nitrogens with one attached hydrogen (secondary N) is 2. The topological polar surface area (TPSA) is 136 Å². The summed E-state index contributed by atoms with van der Waals surface area (Å²) < 4.78 is 17.9. The number of imidazole rings is 1. The quantitative estimate of drug-likeness (QED) is 0.161. The Kier molecular flexibility index (Phi) is 12.9. The van der Waals surface area contributed by atoms with E-state index < -0.39 is 11.2 Å². The van der Waals surface area contributed by atoms with Gasteiger partial charge in [0.15, 0.2) is 5.82 Å². The van der Waals surface area contributed by atoms with Crippen LogP contribution in [0.1, 0.15) is 145 Å². The largest absolute Gasteiger partial charge is 0.350 e. The monoisotopic (exact) mass is 928 g/mol. The van der Waals surface area contributed by atoms with Crippen LogP contribution >= 0.6 is 0 Å². The van der Waals surface area contributed by atoms with Gasteiger partial charge >= 0.3 is 0 Å². The first-order valence-electron chi connectivity index (χ1n) is 25.9. The van der Waals surface area contributed by atoms with Crippen molar-refractivity contribution in [3.63, 3.8) is 0 Å². The Morgan fingerprint density at radius 2 is 1.44 bits per heavy atom. The number of hydrogen-bond donors (Lipinski definition) is 2. The molecule has 0 unspecified atom stereocenters. The van der Waals surface area contributed by atoms with Gasteiger partial charge in [0.2, 0.25) is 17.7 Å². The van der Waals surface area contributed by atoms with Crippen LogP contribution < -0.4 is 15.5 Å². The van der Waals surface area contributed by atoms with E-state index >= 15 is 9.18 Å². The van der Waals surface area contributed by atoms with E-state index in [9.17, 15) is 14.4 Å². The van der Waals surface area contributed by atoms with Gasteiger partial charge < -0.3 is 34.8 Å². The molecule has 0 radical (unpaired) electrons. The van der Waals surface area contributed by atoms with Crippen LogP contribution in [0.15, 0.2) is 42.7 Å². The van der Waals surface area contributed by atoms with E-state index in [1.165, 1.54) is 31.7 Å². The van der Waals surface area contributed by atoms with Crippen molar-refractivity contribution in [1.29, 1.82) is 0 Å². The predicted molar refractivity (Wildman–Crippen MR) is 263 cm³/mol. The van der Waals surface area contributed by atoms with Crippen LogP contribution in [0.3, 0.4) is 0 Å². The van der Waals surface area contributed by atoms with Gasteiger partial charge in [0.1, 0.15) is 11.3 Å². The molecular weight excluding hydrogens is 858 g/mol. The normalized spacial score (nSPS) is 22.6. The average molecular weight is 928 g/mol. The number of nitrogens with zero attached hydrogens (tertiary/aromatic N) is 7. The van der Waals surface area contributed by atoms with E-state index in [0.29, 0.717) is 91.6 Å². The highest BCUT2D eigenvalue weighted by atomic mass is 19.1. The second-order valence-electron chi connectivity index (χ2n) is 21.5. The lowest BCUT2D eigenvalue weighted by atomic mass is 9.73. The molecule has 4 amide bonds. The Bertz CT molecular complexity index is 2570. The molecule has 68 heavy (non-hydrogen) atoms. The summed E-state index contributed by atoms with van der Waals surface area (Å²) in [5.74, 6) is 0.265. The Morgan fingerprint density at radius 3 is 2.12 bits per heavy atom. The Hall–Kier alpha value is -5.37. The molecule has 4 aliphatic heterocycles. The summed E-state index contributed by atoms with van der Waals surface area (Å²) in [4.78, 5) is 74.6. The lowest BCUT2D eigenvalue weighted by Crippen LogP contribution is -2.58. The molecule has 2 N–H and O–H groups in total. The van der Waals surface area contributed by atoms with Crippen LogP contribution in [0.25, 0.3) is 22.3 Å². The zero-order valence-corrected chi connectivity index (χ0v) is 40.8. The number of pyridine rings is 1. The average Bonchev–Trinajstić information content (AvgIpc) is 3.86. The highest BCUT2D eigenvalue weighted by molar-refractivity contribution is 6.09. The molecule has 13 nitrogen and oxygen atoms in total. The molecule has 0 bridgehead atoms. The third-order valence-electron chi connectivity index (χ3n) is 16.4. The minimum atomic E-state index is -0.737. The first-order chi connectivity index (χ1) is 32.8. The summed E-state index contributed by atoms with van der Waals surface area (Å²) in [7, 11) is 0. The van der Waals surface area contributed by atoms with Gasteiger partial charge in [-0.2, -0.15) is 0 Å². The molecule has 0 atom stereocenters. The third kappa shape index (κ3) is 8.57. The highest BCUT2D eigenvalue weighted by Gasteiger charge is 2.56. The fourth-order valence-corrected chi connectivity index (χ4v) is 12.4. The fourth-order valence-electron chi connectivity index (χ4n) is 12.4. The van der Waals surface area contributed by atoms with Crippen molar-refractivity contribution in [3.05, 3.63) is 65.2 Å². The van der Waals surface area contributed by atoms with E-state index in [1.807, 2.05) is 40.3 Å². The van der Waals surface area contributed by atoms with Crippen molar-refractivity contribution in [2.75, 3.05) is 49.5 Å². The molecule has 2 aromatic heterocycles. The Morgan fingerprint density at radius 1 is 0.779 bits per heavy atom. The number of amides is 4. The summed E-state index contributed by atoms with van der Waals surface area (Å²) in [6.07, 6.45) is 15.3. The van der Waals surface area contributed by atoms with Crippen LogP contribution in [0.2, 0.25) is 0 Å². The summed E-state index contributed by atoms with van der Waals surface area (Å²) in [6.45, 7) is 14.2. The van der Waals surface area contributed by atoms with E-state index in [0.717, 1.165) is 68.4 Å². The number of benzene rings is 2. The number of piperidine rings is 3. The van der Waals surface area contributed by atoms with Gasteiger partial charge in [0.25, 0.3) is 5.91 Å². The van der Waals surface area contributed by atoms with Crippen LogP contribution in [0.5, 0.6) is 0 Å². The molecule has 362 valence electrons. The van der Waals surface area contributed by atoms with Crippen molar-refractivity contribution in [2.24, 2.45) is 11.8 Å². The lowest BCUT2D eigenvalue weighted by Gasteiger charge is -2.48. The van der Waals surface area contributed by atoms with Gasteiger partial charge in [-0.1, -0.05) is 37.8 Å². The number of carbonyl (C=O) groups is 4. The van der Waals surface area contributed by atoms with Gasteiger partial charge in [0, 0.05) is 79.0 Å². The number of rotatable bonds is 10. The molecule has 1 spiro atoms. The first-order valence-corrected chi connectivity index (χ1v) is 25.9. The van der Waals surface area contributed by atoms with E-state index in [2.05, 4.69) is 46.4 Å². The molecule has 2 saturated carbocycles. The third-order valence-corrected chi connectivity index (χ3v) is 16.4. The summed E-state index contributed by atoms with van der Waals surface area (Å²) in [6, 6.07) is 11.7. The summed E-state index contributed by atoms with van der Waals surface area (Å²) in [5.41, 5.74) is 5.08. The van der Waals surface area contributed by atoms with Gasteiger partial charge in [0.05, 0.1) is 28.6 Å². The fraction of sp³-hybridized carbons (Fsp3) is 0.593. The van der Waals surface area contributed by atoms with E-state index in [1.54, 1.807) is 19.3 Å². The van der Waals surface area contributed by atoms with Crippen LogP contribution in [0, 0.1) is 24.6 Å². The zero-order chi connectivity index (χ0) is 47.4. The molecule has 14 heteroatoms. The minimum absolute atomic E-state index is 0.0341. The van der Waals surface area contributed by atoms with Crippen molar-refractivity contribution < 1.29 is 23.6 Å². The summed E-state index contributed by atoms with van der Waals surface area (Å²) >= 11 is 0. The second kappa shape index (κ2) is 18.8. The number of aryl methyl sites for hydroxylation is 1. The zero-order valence-electron chi connectivity index (χ0n) is 40.8. The molecule has 5 fully saturated rings. The second-order valence-corrected chi connectivity index (χ2v) is 21.5. The minimum Gasteiger partial charge on any atom is -0.350 e. The van der Waals surface area contributed by atoms with E-state index in [-0.39, 0.29) is 59.3 Å². The molecule has 6 heterocycles. The molecule has 2 aromatic carbocycles. The SMILES string of the molecule is Cc1cc(F)c(Nc2nc(-c3ccc4c(c3)N(C3CC(N5CCCCC5)C3)C(=O)C43CCN(C(=O)C4CCN(C(=O)C5CCCCC5)CC4)CC3)cc3ncn(C(C)C)c23)cc1C(=O)NC(C)C. The first kappa shape index (κ1) is 46.4. The Balaban J connectivity index is 0.939. The van der Waals surface area contributed by atoms with Crippen LogP contribution in [0.4, 0.5) is 21.6 Å². The standard InChI is InChI=1S/C54H70FN9O4/c1-33(2)57-50(65)41-30-45(43(55)26-35(41)5)59-49-48-46(56-32-63(48)34(3)4)31-44(58-49)38-14-15-42-47(27-38)64(40-28-39(29-40)60-20-10-7-11-21-60)53(68)54(42)18-24-62(25-19-54)52(67)37-16-22-61(23-17-37)51(66)36-12-8-6-9-13-36/h14-15,26-27,30-34,36-37,39-40H,6-13,16-25,28-29H2,1-5H3,(H,57,65)(H,58,59). The van der Waals surface area contributed by atoms with Crippen molar-refractivity contribution in [1.82, 2.24) is 34.6 Å². The maximum Gasteiger partial charge on any atom is 0.251 e. The number of anilines is 3. The maximum atomic E-state index is 15.9. The summed E-state index contributed by atoms with van der Waals surface area (Å²) in [5, 5.41) is 6.21. The van der Waals surface area contributed by atoms with Gasteiger partial charge in [-0.3, -0.25) is 19.2 Å². The van der Waals surface area contributed by atoms with Gasteiger partial charge in [-0.15, -0.1) is 0 Å². The maximum absolute atomic E-state index is 15.9. The Labute approximate surface area is 400 Å². The molecule has 10 rings (SSSR count). The molecule has 6 aliphatic rings. The number of halogens is 1. The van der Waals surface area contributed by atoms with Crippen LogP contribution in [-0.2, 0) is 19.8 Å². The van der Waals surface area contributed by atoms with Crippen molar-refractivity contribution >= 4 is 51.9 Å². The van der Waals surface area contributed by atoms with Crippen molar-refractivity contribution in [2.45, 2.75) is 154 Å². The lowest BCUT2D eigenvalue weighted by molar-refractivity contribution is -0.144. The van der Waals surface area contributed by atoms with Gasteiger partial charge in [-0.25, -0.2) is 14.4 Å². The number of aromatic nitrogens is 3. The van der Waals surface area contributed by atoms with Gasteiger partial charge in [-0.05, 0) is 147 Å². The smallest absolute Gasteiger partial charge is 0.251 e. The molecule has 2 aliphatic carbocycles. The number of fused-ring (bicyclic) bond motifs is 3. The van der Waals surface area contributed by atoms with E-state index in [4.69, 9.17) is 9.97 Å². The number of carbonyl (C=O) groups excluding carboxylic acids is 4. The molecular formula is C54H70FN9O4. The van der Waals surface area contributed by atoms with Crippen LogP contribution in [-0.4, -0.2) is 110 Å². The highest BCUT2D eigenvalue weighted by Crippen LogP contribution is 2.52. The number of likely N-dealkylation sites (tertiary alicyclic amines) is 3. The molecule has 3 saturated heterocycles. The predicted octanol–water partition coefficient (Wildman–Crippen LogP) is 9.05. The van der Waals surface area contributed by atoms with Crippen molar-refractivity contribution in [3.8, 4) is 11.3 Å². The molecule has 4 aromatic rings. The number of hydrogen-bond acceptors (Lipinski definition) is 8.